The third kappa shape index (κ3) is 3.85. The second kappa shape index (κ2) is 7.70. The maximum atomic E-state index is 15.0. The molecule has 0 radical (unpaired) electrons. The molecule has 3 nitrogen and oxygen atoms in total. The molecule has 2 N–H and O–H groups in total. The highest BCUT2D eigenvalue weighted by atomic mass is 19.1. The number of rotatable bonds is 5. The quantitative estimate of drug-likeness (QED) is 0.815. The Hall–Kier alpha value is -2.34. The summed E-state index contributed by atoms with van der Waals surface area (Å²) >= 11 is 0. The summed E-state index contributed by atoms with van der Waals surface area (Å²) in [5.74, 6) is -3.08. The second-order valence-electron chi connectivity index (χ2n) is 5.83. The molecule has 0 saturated carbocycles. The van der Waals surface area contributed by atoms with Crippen LogP contribution in [-0.4, -0.2) is 12.6 Å². The third-order valence-electron chi connectivity index (χ3n) is 3.97. The minimum absolute atomic E-state index is 0.0488. The Labute approximate surface area is 144 Å². The number of aryl methyl sites for hydroxylation is 2. The predicted molar refractivity (Wildman–Crippen MR) is 89.4 cm³/mol. The summed E-state index contributed by atoms with van der Waals surface area (Å²) in [6.07, 6.45) is -0.374. The Morgan fingerprint density at radius 2 is 1.84 bits per heavy atom. The van der Waals surface area contributed by atoms with E-state index in [4.69, 9.17) is 10.5 Å². The van der Waals surface area contributed by atoms with Crippen LogP contribution in [0.3, 0.4) is 0 Å². The number of halogens is 3. The number of hydrogen-bond acceptors (Lipinski definition) is 3. The Balaban J connectivity index is 2.59. The summed E-state index contributed by atoms with van der Waals surface area (Å²) in [4.78, 5) is 11.6. The Kier molecular flexibility index (Phi) is 5.85. The van der Waals surface area contributed by atoms with Gasteiger partial charge in [-0.3, -0.25) is 4.79 Å². The van der Waals surface area contributed by atoms with E-state index in [-0.39, 0.29) is 29.7 Å². The third-order valence-corrected chi connectivity index (χ3v) is 3.97. The summed E-state index contributed by atoms with van der Waals surface area (Å²) < 4.78 is 48.5. The fraction of sp³-hybridized carbons (Fsp3) is 0.316. The first-order chi connectivity index (χ1) is 11.8. The summed E-state index contributed by atoms with van der Waals surface area (Å²) in [6, 6.07) is 4.37. The van der Waals surface area contributed by atoms with Crippen LogP contribution in [0.2, 0.25) is 0 Å². The first-order valence-electron chi connectivity index (χ1n) is 7.93. The lowest BCUT2D eigenvalue weighted by molar-refractivity contribution is -0.143. The lowest BCUT2D eigenvalue weighted by atomic mass is 9.92. The maximum absolute atomic E-state index is 15.0. The predicted octanol–water partition coefficient (Wildman–Crippen LogP) is 4.34. The smallest absolute Gasteiger partial charge is 0.307 e. The molecule has 0 amide bonds. The Morgan fingerprint density at radius 1 is 1.16 bits per heavy atom. The molecule has 0 unspecified atom stereocenters. The molecule has 0 bridgehead atoms. The van der Waals surface area contributed by atoms with Crippen LogP contribution in [0, 0.1) is 31.3 Å². The van der Waals surface area contributed by atoms with Crippen LogP contribution >= 0.6 is 0 Å². The van der Waals surface area contributed by atoms with E-state index in [1.807, 2.05) is 0 Å². The average Bonchev–Trinajstić information content (AvgIpc) is 2.52. The van der Waals surface area contributed by atoms with Gasteiger partial charge >= 0.3 is 5.97 Å². The zero-order chi connectivity index (χ0) is 18.7. The number of benzene rings is 2. The van der Waals surface area contributed by atoms with Crippen molar-refractivity contribution in [3.63, 3.8) is 0 Å². The molecule has 0 aliphatic rings. The monoisotopic (exact) mass is 351 g/mol. The number of carbonyl (C=O) groups excluding carboxylic acids is 1. The fourth-order valence-corrected chi connectivity index (χ4v) is 2.78. The first kappa shape index (κ1) is 19.0. The van der Waals surface area contributed by atoms with E-state index < -0.39 is 35.0 Å². The van der Waals surface area contributed by atoms with Gasteiger partial charge in [-0.2, -0.15) is 0 Å². The van der Waals surface area contributed by atoms with Crippen molar-refractivity contribution in [3.05, 3.63) is 58.4 Å². The number of ether oxygens (including phenoxy) is 1. The minimum atomic E-state index is -1.23. The van der Waals surface area contributed by atoms with E-state index in [9.17, 15) is 13.6 Å². The van der Waals surface area contributed by atoms with E-state index in [0.717, 1.165) is 0 Å². The van der Waals surface area contributed by atoms with Gasteiger partial charge in [0.2, 0.25) is 0 Å². The van der Waals surface area contributed by atoms with Gasteiger partial charge in [0.25, 0.3) is 0 Å². The normalized spacial score (nSPS) is 12.1. The summed E-state index contributed by atoms with van der Waals surface area (Å²) in [6.45, 7) is 4.84. The highest BCUT2D eigenvalue weighted by Gasteiger charge is 2.26. The molecule has 2 aromatic carbocycles. The van der Waals surface area contributed by atoms with E-state index >= 15 is 4.39 Å². The van der Waals surface area contributed by atoms with Crippen molar-refractivity contribution < 1.29 is 22.7 Å². The SMILES string of the molecule is CCOC(=O)C[C@H](N)c1c(F)c(C)cc(-c2c(C)cccc2F)c1F. The molecule has 2 rings (SSSR count). The van der Waals surface area contributed by atoms with Gasteiger partial charge in [0.1, 0.15) is 17.5 Å². The molecule has 0 fully saturated rings. The van der Waals surface area contributed by atoms with Crippen molar-refractivity contribution in [2.45, 2.75) is 33.2 Å². The van der Waals surface area contributed by atoms with Crippen molar-refractivity contribution >= 4 is 5.97 Å². The number of carbonyl (C=O) groups is 1. The topological polar surface area (TPSA) is 52.3 Å². The van der Waals surface area contributed by atoms with Crippen LogP contribution in [0.5, 0.6) is 0 Å². The maximum Gasteiger partial charge on any atom is 0.307 e. The molecule has 134 valence electrons. The molecule has 2 aromatic rings. The highest BCUT2D eigenvalue weighted by molar-refractivity contribution is 5.72. The van der Waals surface area contributed by atoms with Gasteiger partial charge in [0.05, 0.1) is 13.0 Å². The zero-order valence-corrected chi connectivity index (χ0v) is 14.3. The Bertz CT molecular complexity index is 785. The number of nitrogens with two attached hydrogens (primary N) is 1. The summed E-state index contributed by atoms with van der Waals surface area (Å²) in [5, 5.41) is 0. The van der Waals surface area contributed by atoms with Crippen molar-refractivity contribution in [1.29, 1.82) is 0 Å². The van der Waals surface area contributed by atoms with E-state index in [1.54, 1.807) is 19.9 Å². The molecule has 0 aliphatic heterocycles. The molecule has 0 saturated heterocycles. The molecule has 0 heterocycles. The van der Waals surface area contributed by atoms with Crippen molar-refractivity contribution in [2.24, 2.45) is 5.73 Å². The van der Waals surface area contributed by atoms with Gasteiger partial charge in [-0.05, 0) is 44.0 Å². The van der Waals surface area contributed by atoms with Gasteiger partial charge in [-0.1, -0.05) is 12.1 Å². The van der Waals surface area contributed by atoms with Gasteiger partial charge in [0, 0.05) is 22.7 Å². The summed E-state index contributed by atoms with van der Waals surface area (Å²) in [7, 11) is 0. The molecule has 0 spiro atoms. The highest BCUT2D eigenvalue weighted by Crippen LogP contribution is 2.35. The molecular weight excluding hydrogens is 331 g/mol. The lowest BCUT2D eigenvalue weighted by Gasteiger charge is -2.18. The van der Waals surface area contributed by atoms with Crippen LogP contribution in [0.15, 0.2) is 24.3 Å². The van der Waals surface area contributed by atoms with Crippen LogP contribution in [-0.2, 0) is 9.53 Å². The first-order valence-corrected chi connectivity index (χ1v) is 7.93. The Morgan fingerprint density at radius 3 is 2.44 bits per heavy atom. The fourth-order valence-electron chi connectivity index (χ4n) is 2.78. The standard InChI is InChI=1S/C19H20F3NO2/c1-4-25-15(24)9-14(23)17-18(21)11(3)8-12(19(17)22)16-10(2)6-5-7-13(16)20/h5-8,14H,4,9,23H2,1-3H3/t14-/m0/s1. The molecular formula is C19H20F3NO2. The van der Waals surface area contributed by atoms with Crippen LogP contribution in [0.25, 0.3) is 11.1 Å². The molecule has 1 atom stereocenters. The van der Waals surface area contributed by atoms with Crippen LogP contribution < -0.4 is 5.73 Å². The largest absolute Gasteiger partial charge is 0.466 e. The summed E-state index contributed by atoms with van der Waals surface area (Å²) in [5.41, 5.74) is 6.00. The molecule has 25 heavy (non-hydrogen) atoms. The molecule has 0 aliphatic carbocycles. The van der Waals surface area contributed by atoms with E-state index in [2.05, 4.69) is 0 Å². The zero-order valence-electron chi connectivity index (χ0n) is 14.3. The average molecular weight is 351 g/mol. The van der Waals surface area contributed by atoms with E-state index in [1.165, 1.54) is 25.1 Å². The van der Waals surface area contributed by atoms with Crippen molar-refractivity contribution in [2.75, 3.05) is 6.61 Å². The number of hydrogen-bond donors (Lipinski definition) is 1. The second-order valence-corrected chi connectivity index (χ2v) is 5.83. The minimum Gasteiger partial charge on any atom is -0.466 e. The van der Waals surface area contributed by atoms with Crippen LogP contribution in [0.1, 0.15) is 36.1 Å². The van der Waals surface area contributed by atoms with Crippen molar-refractivity contribution in [3.8, 4) is 11.1 Å². The van der Waals surface area contributed by atoms with Gasteiger partial charge < -0.3 is 10.5 Å². The number of esters is 1. The van der Waals surface area contributed by atoms with E-state index in [0.29, 0.717) is 5.56 Å². The molecule has 0 aromatic heterocycles. The van der Waals surface area contributed by atoms with Crippen LogP contribution in [0.4, 0.5) is 13.2 Å². The van der Waals surface area contributed by atoms with Gasteiger partial charge in [0.15, 0.2) is 0 Å². The molecule has 6 heteroatoms. The van der Waals surface area contributed by atoms with Gasteiger partial charge in [-0.15, -0.1) is 0 Å². The van der Waals surface area contributed by atoms with Gasteiger partial charge in [-0.25, -0.2) is 13.2 Å². The lowest BCUT2D eigenvalue weighted by Crippen LogP contribution is -2.20. The van der Waals surface area contributed by atoms with Crippen molar-refractivity contribution in [1.82, 2.24) is 0 Å².